The SMILES string of the molecule is CN(C)[C@@H]1C(=O)C(C(N)=O)=C(O)[C@@]2(O)C(=O)C3=C(O)c4c(O)cccc4[C@H](Sc4ccccc4)[C@H]3C[C@@H]12. The van der Waals surface area contributed by atoms with E-state index >= 15 is 0 Å². The molecule has 0 radical (unpaired) electrons. The quantitative estimate of drug-likeness (QED) is 0.379. The van der Waals surface area contributed by atoms with Gasteiger partial charge in [-0.2, -0.15) is 0 Å². The van der Waals surface area contributed by atoms with E-state index in [4.69, 9.17) is 5.73 Å². The second-order valence-corrected chi connectivity index (χ2v) is 11.0. The van der Waals surface area contributed by atoms with Crippen LogP contribution >= 0.6 is 11.8 Å². The van der Waals surface area contributed by atoms with Crippen molar-refractivity contribution in [3.05, 3.63) is 76.6 Å². The number of hydrogen-bond acceptors (Lipinski definition) is 9. The fourth-order valence-corrected chi connectivity index (χ4v) is 7.31. The molecule has 3 aliphatic carbocycles. The molecule has 3 aliphatic rings. The van der Waals surface area contributed by atoms with Gasteiger partial charge < -0.3 is 26.2 Å². The summed E-state index contributed by atoms with van der Waals surface area (Å²) in [7, 11) is 3.14. The summed E-state index contributed by atoms with van der Waals surface area (Å²) in [5, 5.41) is 44.2. The van der Waals surface area contributed by atoms with E-state index in [9.17, 15) is 34.8 Å². The lowest BCUT2D eigenvalue weighted by atomic mass is 9.57. The average molecular weight is 523 g/mol. The molecule has 0 unspecified atom stereocenters. The van der Waals surface area contributed by atoms with Crippen molar-refractivity contribution in [2.45, 2.75) is 28.2 Å². The highest BCUT2D eigenvalue weighted by atomic mass is 32.2. The Hall–Kier alpha value is -3.60. The van der Waals surface area contributed by atoms with Gasteiger partial charge in [0.1, 0.15) is 22.8 Å². The number of likely N-dealkylation sites (N-methyl/N-ethyl adjacent to an activating group) is 1. The number of nitrogens with two attached hydrogens (primary N) is 1. The molecule has 192 valence electrons. The number of carbonyl (C=O) groups is 3. The zero-order chi connectivity index (χ0) is 26.8. The van der Waals surface area contributed by atoms with E-state index in [-0.39, 0.29) is 23.3 Å². The summed E-state index contributed by atoms with van der Waals surface area (Å²) in [6, 6.07) is 13.0. The Morgan fingerprint density at radius 3 is 2.35 bits per heavy atom. The number of phenols is 1. The van der Waals surface area contributed by atoms with E-state index in [1.807, 2.05) is 30.3 Å². The average Bonchev–Trinajstić information content (AvgIpc) is 2.84. The lowest BCUT2D eigenvalue weighted by Crippen LogP contribution is -2.65. The van der Waals surface area contributed by atoms with Crippen molar-refractivity contribution >= 4 is 35.0 Å². The summed E-state index contributed by atoms with van der Waals surface area (Å²) in [5.41, 5.74) is 2.35. The Bertz CT molecular complexity index is 1400. The number of ketones is 2. The highest BCUT2D eigenvalue weighted by Gasteiger charge is 2.65. The molecule has 0 heterocycles. The molecule has 1 amide bonds. The van der Waals surface area contributed by atoms with Gasteiger partial charge in [-0.1, -0.05) is 30.3 Å². The van der Waals surface area contributed by atoms with Crippen LogP contribution in [0.2, 0.25) is 0 Å². The van der Waals surface area contributed by atoms with Crippen molar-refractivity contribution in [1.82, 2.24) is 4.90 Å². The number of carbonyl (C=O) groups excluding carboxylic acids is 3. The molecule has 5 atom stereocenters. The number of fused-ring (bicyclic) bond motifs is 3. The predicted molar refractivity (Wildman–Crippen MR) is 136 cm³/mol. The van der Waals surface area contributed by atoms with E-state index in [1.165, 1.54) is 22.7 Å². The molecule has 2 aromatic carbocycles. The fourth-order valence-electron chi connectivity index (χ4n) is 5.97. The van der Waals surface area contributed by atoms with E-state index < -0.39 is 63.3 Å². The van der Waals surface area contributed by atoms with Gasteiger partial charge in [-0.25, -0.2) is 0 Å². The van der Waals surface area contributed by atoms with Crippen LogP contribution in [0.5, 0.6) is 5.75 Å². The summed E-state index contributed by atoms with van der Waals surface area (Å²) in [6.07, 6.45) is 0.0198. The maximum Gasteiger partial charge on any atom is 0.255 e. The maximum atomic E-state index is 14.1. The van der Waals surface area contributed by atoms with Gasteiger partial charge in [0.25, 0.3) is 5.91 Å². The minimum Gasteiger partial charge on any atom is -0.508 e. The minimum atomic E-state index is -2.67. The van der Waals surface area contributed by atoms with Gasteiger partial charge in [-0.05, 0) is 44.3 Å². The zero-order valence-electron chi connectivity index (χ0n) is 20.1. The van der Waals surface area contributed by atoms with Gasteiger partial charge in [-0.3, -0.25) is 19.3 Å². The molecule has 0 bridgehead atoms. The van der Waals surface area contributed by atoms with Crippen molar-refractivity contribution in [3.8, 4) is 5.75 Å². The number of nitrogens with zero attached hydrogens (tertiary/aromatic N) is 1. The molecule has 10 heteroatoms. The molecular formula is C27H26N2O7S. The summed E-state index contributed by atoms with van der Waals surface area (Å²) in [6.45, 7) is 0. The summed E-state index contributed by atoms with van der Waals surface area (Å²) in [4.78, 5) is 41.8. The van der Waals surface area contributed by atoms with Crippen molar-refractivity contribution in [2.24, 2.45) is 17.6 Å². The molecule has 0 spiro atoms. The molecule has 2 aromatic rings. The smallest absolute Gasteiger partial charge is 0.255 e. The van der Waals surface area contributed by atoms with Gasteiger partial charge in [0.15, 0.2) is 11.4 Å². The standard InChI is InChI=1S/C27H26N2O7S/c1-29(2)20-15-11-14-18(24(33)27(15,36)25(34)19(22(20)32)26(28)35)21(31)17-13(9-6-10-16(17)30)23(14)37-12-7-4-3-5-8-12/h3-10,14-15,20,23,30-31,34,36H,11H2,1-2H3,(H2,28,35)/t14-,15-,20-,23-,27-/m0/s1. The number of aromatic hydroxyl groups is 1. The molecule has 0 saturated heterocycles. The Morgan fingerprint density at radius 2 is 1.73 bits per heavy atom. The van der Waals surface area contributed by atoms with Gasteiger partial charge in [-0.15, -0.1) is 11.8 Å². The van der Waals surface area contributed by atoms with E-state index in [0.29, 0.717) is 5.56 Å². The summed E-state index contributed by atoms with van der Waals surface area (Å²) in [5.74, 6) is -6.76. The highest BCUT2D eigenvalue weighted by Crippen LogP contribution is 2.59. The van der Waals surface area contributed by atoms with E-state index in [2.05, 4.69) is 0 Å². The van der Waals surface area contributed by atoms with Crippen LogP contribution in [0.25, 0.3) is 5.76 Å². The zero-order valence-corrected chi connectivity index (χ0v) is 20.9. The van der Waals surface area contributed by atoms with Crippen molar-refractivity contribution in [1.29, 1.82) is 0 Å². The fraction of sp³-hybridized carbons (Fsp3) is 0.296. The van der Waals surface area contributed by atoms with Crippen molar-refractivity contribution in [3.63, 3.8) is 0 Å². The van der Waals surface area contributed by atoms with Gasteiger partial charge in [0.2, 0.25) is 5.78 Å². The molecule has 5 rings (SSSR count). The Kier molecular flexibility index (Phi) is 5.93. The van der Waals surface area contributed by atoms with Crippen LogP contribution in [0.3, 0.4) is 0 Å². The van der Waals surface area contributed by atoms with Crippen LogP contribution in [0.15, 0.2) is 70.3 Å². The summed E-state index contributed by atoms with van der Waals surface area (Å²) < 4.78 is 0. The second-order valence-electron chi connectivity index (χ2n) is 9.76. The maximum absolute atomic E-state index is 14.1. The third-order valence-corrected chi connectivity index (χ3v) is 8.93. The van der Waals surface area contributed by atoms with Gasteiger partial charge in [0.05, 0.1) is 11.6 Å². The van der Waals surface area contributed by atoms with Crippen LogP contribution in [0, 0.1) is 11.8 Å². The highest BCUT2D eigenvalue weighted by molar-refractivity contribution is 7.99. The largest absolute Gasteiger partial charge is 0.508 e. The number of aliphatic hydroxyl groups excluding tert-OH is 2. The Balaban J connectivity index is 1.76. The number of Topliss-reactive ketones (excluding diaryl/α,β-unsaturated/α-hetero) is 2. The lowest BCUT2D eigenvalue weighted by Gasteiger charge is -2.51. The molecule has 6 N–H and O–H groups in total. The normalized spacial score (nSPS) is 29.2. The first-order chi connectivity index (χ1) is 17.5. The third-order valence-electron chi connectivity index (χ3n) is 7.55. The second kappa shape index (κ2) is 8.76. The number of amides is 1. The minimum absolute atomic E-state index is 0.0198. The van der Waals surface area contributed by atoms with Gasteiger partial charge >= 0.3 is 0 Å². The van der Waals surface area contributed by atoms with Crippen LogP contribution in [-0.4, -0.2) is 68.5 Å². The molecule has 1 saturated carbocycles. The molecule has 0 aromatic heterocycles. The number of aliphatic hydroxyl groups is 3. The third kappa shape index (κ3) is 3.51. The van der Waals surface area contributed by atoms with Crippen molar-refractivity contribution < 1.29 is 34.8 Å². The number of thioether (sulfide) groups is 1. The Labute approximate surface area is 216 Å². The monoisotopic (exact) mass is 522 g/mol. The van der Waals surface area contributed by atoms with E-state index in [0.717, 1.165) is 4.90 Å². The van der Waals surface area contributed by atoms with Crippen LogP contribution in [0.1, 0.15) is 22.8 Å². The molecule has 37 heavy (non-hydrogen) atoms. The number of benzene rings is 2. The van der Waals surface area contributed by atoms with Crippen LogP contribution in [0.4, 0.5) is 0 Å². The topological polar surface area (TPSA) is 161 Å². The first kappa shape index (κ1) is 25.1. The Morgan fingerprint density at radius 1 is 1.05 bits per heavy atom. The number of phenolic OH excluding ortho intramolecular Hbond substituents is 1. The molecule has 9 nitrogen and oxygen atoms in total. The molecule has 0 aliphatic heterocycles. The van der Waals surface area contributed by atoms with Crippen LogP contribution in [-0.2, 0) is 14.4 Å². The van der Waals surface area contributed by atoms with E-state index in [1.54, 1.807) is 26.2 Å². The lowest BCUT2D eigenvalue weighted by molar-refractivity contribution is -0.153. The number of rotatable bonds is 4. The number of primary amides is 1. The molecule has 1 fully saturated rings. The van der Waals surface area contributed by atoms with Crippen LogP contribution < -0.4 is 5.73 Å². The van der Waals surface area contributed by atoms with Crippen molar-refractivity contribution in [2.75, 3.05) is 14.1 Å². The predicted octanol–water partition coefficient (Wildman–Crippen LogP) is 2.25. The molecular weight excluding hydrogens is 496 g/mol. The summed E-state index contributed by atoms with van der Waals surface area (Å²) >= 11 is 1.42. The number of hydrogen-bond donors (Lipinski definition) is 5. The first-order valence-corrected chi connectivity index (χ1v) is 12.6. The van der Waals surface area contributed by atoms with Gasteiger partial charge in [0, 0.05) is 27.6 Å². The first-order valence-electron chi connectivity index (χ1n) is 11.7.